The van der Waals surface area contributed by atoms with Crippen LogP contribution in [0.4, 0.5) is 11.4 Å². The molecular weight excluding hydrogens is 212 g/mol. The third-order valence-corrected chi connectivity index (χ3v) is 3.00. The highest BCUT2D eigenvalue weighted by atomic mass is 32.2. The number of nitrogen functional groups attached to an aromatic ring is 1. The van der Waals surface area contributed by atoms with E-state index < -0.39 is 0 Å². The molecule has 1 aliphatic heterocycles. The molecule has 2 amide bonds. The monoisotopic (exact) mass is 222 g/mol. The van der Waals surface area contributed by atoms with E-state index in [1.807, 2.05) is 0 Å². The van der Waals surface area contributed by atoms with Crippen molar-refractivity contribution >= 4 is 35.0 Å². The molecule has 0 bridgehead atoms. The lowest BCUT2D eigenvalue weighted by atomic mass is 10.2. The molecule has 1 aromatic carbocycles. The summed E-state index contributed by atoms with van der Waals surface area (Å²) in [6.45, 7) is 0. The van der Waals surface area contributed by atoms with Crippen molar-refractivity contribution in [2.75, 3.05) is 22.1 Å². The van der Waals surface area contributed by atoms with Gasteiger partial charge < -0.3 is 5.73 Å². The maximum absolute atomic E-state index is 11.5. The zero-order chi connectivity index (χ0) is 10.8. The fraction of sp³-hybridized carbons (Fsp3) is 0.200. The van der Waals surface area contributed by atoms with Crippen LogP contribution in [0.2, 0.25) is 0 Å². The van der Waals surface area contributed by atoms with Gasteiger partial charge in [-0.05, 0) is 24.3 Å². The fourth-order valence-electron chi connectivity index (χ4n) is 1.41. The molecule has 15 heavy (non-hydrogen) atoms. The molecule has 0 unspecified atom stereocenters. The number of carbonyl (C=O) groups excluding carboxylic acids is 2. The molecule has 1 heterocycles. The molecule has 1 saturated heterocycles. The van der Waals surface area contributed by atoms with Crippen LogP contribution in [0.25, 0.3) is 0 Å². The van der Waals surface area contributed by atoms with Crippen LogP contribution < -0.4 is 10.6 Å². The highest BCUT2D eigenvalue weighted by Crippen LogP contribution is 2.22. The number of amides is 2. The first-order valence-corrected chi connectivity index (χ1v) is 5.63. The summed E-state index contributed by atoms with van der Waals surface area (Å²) in [6, 6.07) is 6.72. The number of benzene rings is 1. The van der Waals surface area contributed by atoms with E-state index in [4.69, 9.17) is 5.73 Å². The first-order valence-electron chi connectivity index (χ1n) is 4.47. The average molecular weight is 222 g/mol. The summed E-state index contributed by atoms with van der Waals surface area (Å²) in [4.78, 5) is 24.3. The Labute approximate surface area is 91.4 Å². The van der Waals surface area contributed by atoms with Gasteiger partial charge in [0.2, 0.25) is 11.8 Å². The van der Waals surface area contributed by atoms with Gasteiger partial charge in [-0.1, -0.05) is 0 Å². The molecule has 1 aromatic rings. The standard InChI is InChI=1S/C10H10N2O2S/c11-7-1-3-8(4-2-7)12-9(13)5-15-6-10(12)14/h1-4H,5-6,11H2. The number of hydrogen-bond donors (Lipinski definition) is 1. The molecule has 1 aliphatic rings. The van der Waals surface area contributed by atoms with E-state index in [-0.39, 0.29) is 11.8 Å². The summed E-state index contributed by atoms with van der Waals surface area (Å²) < 4.78 is 0. The number of thioether (sulfide) groups is 1. The van der Waals surface area contributed by atoms with Crippen LogP contribution in [0, 0.1) is 0 Å². The van der Waals surface area contributed by atoms with Gasteiger partial charge in [-0.2, -0.15) is 0 Å². The summed E-state index contributed by atoms with van der Waals surface area (Å²) in [5.41, 5.74) is 6.75. The Balaban J connectivity index is 2.31. The third kappa shape index (κ3) is 1.97. The van der Waals surface area contributed by atoms with Crippen molar-refractivity contribution in [3.05, 3.63) is 24.3 Å². The molecule has 4 nitrogen and oxygen atoms in total. The molecule has 2 rings (SSSR count). The molecule has 1 fully saturated rings. The van der Waals surface area contributed by atoms with Crippen molar-refractivity contribution in [3.8, 4) is 0 Å². The fourth-order valence-corrected chi connectivity index (χ4v) is 2.11. The smallest absolute Gasteiger partial charge is 0.243 e. The number of nitrogens with two attached hydrogens (primary N) is 1. The van der Waals surface area contributed by atoms with Crippen LogP contribution in [0.1, 0.15) is 0 Å². The van der Waals surface area contributed by atoms with E-state index in [0.29, 0.717) is 22.9 Å². The van der Waals surface area contributed by atoms with Crippen molar-refractivity contribution in [2.45, 2.75) is 0 Å². The van der Waals surface area contributed by atoms with Crippen LogP contribution in [0.5, 0.6) is 0 Å². The number of rotatable bonds is 1. The third-order valence-electron chi connectivity index (χ3n) is 2.10. The first kappa shape index (κ1) is 10.0. The molecule has 2 N–H and O–H groups in total. The van der Waals surface area contributed by atoms with Gasteiger partial charge in [0.15, 0.2) is 0 Å². The van der Waals surface area contributed by atoms with E-state index in [9.17, 15) is 9.59 Å². The van der Waals surface area contributed by atoms with Crippen LogP contribution in [0.3, 0.4) is 0 Å². The SMILES string of the molecule is Nc1ccc(N2C(=O)CSCC2=O)cc1. The Morgan fingerprint density at radius 1 is 1.07 bits per heavy atom. The molecule has 5 heteroatoms. The molecule has 0 saturated carbocycles. The van der Waals surface area contributed by atoms with E-state index >= 15 is 0 Å². The van der Waals surface area contributed by atoms with Gasteiger partial charge in [-0.25, -0.2) is 4.90 Å². The summed E-state index contributed by atoms with van der Waals surface area (Å²) in [5.74, 6) is 0.383. The highest BCUT2D eigenvalue weighted by molar-refractivity contribution is 8.00. The van der Waals surface area contributed by atoms with Crippen molar-refractivity contribution in [2.24, 2.45) is 0 Å². The van der Waals surface area contributed by atoms with E-state index in [1.165, 1.54) is 16.7 Å². The van der Waals surface area contributed by atoms with E-state index in [0.717, 1.165) is 0 Å². The Bertz CT molecular complexity index is 386. The number of carbonyl (C=O) groups is 2. The molecule has 0 spiro atoms. The maximum Gasteiger partial charge on any atom is 0.243 e. The Hall–Kier alpha value is -1.49. The average Bonchev–Trinajstić information content (AvgIpc) is 2.20. The molecule has 0 aromatic heterocycles. The maximum atomic E-state index is 11.5. The van der Waals surface area contributed by atoms with Gasteiger partial charge in [0, 0.05) is 5.69 Å². The first-order chi connectivity index (χ1) is 7.18. The van der Waals surface area contributed by atoms with Crippen LogP contribution in [0.15, 0.2) is 24.3 Å². The highest BCUT2D eigenvalue weighted by Gasteiger charge is 2.27. The van der Waals surface area contributed by atoms with E-state index in [2.05, 4.69) is 0 Å². The van der Waals surface area contributed by atoms with Gasteiger partial charge >= 0.3 is 0 Å². The van der Waals surface area contributed by atoms with Crippen LogP contribution in [-0.4, -0.2) is 23.3 Å². The molecule has 78 valence electrons. The lowest BCUT2D eigenvalue weighted by Gasteiger charge is -2.24. The summed E-state index contributed by atoms with van der Waals surface area (Å²) in [5, 5.41) is 0. The van der Waals surface area contributed by atoms with Crippen LogP contribution in [-0.2, 0) is 9.59 Å². The van der Waals surface area contributed by atoms with Crippen molar-refractivity contribution in [1.29, 1.82) is 0 Å². The van der Waals surface area contributed by atoms with Gasteiger partial charge in [0.1, 0.15) is 0 Å². The second-order valence-electron chi connectivity index (χ2n) is 3.21. The molecular formula is C10H10N2O2S. The van der Waals surface area contributed by atoms with Gasteiger partial charge in [0.05, 0.1) is 17.2 Å². The predicted octanol–water partition coefficient (Wildman–Crippen LogP) is 0.875. The Morgan fingerprint density at radius 3 is 2.13 bits per heavy atom. The van der Waals surface area contributed by atoms with Crippen molar-refractivity contribution in [3.63, 3.8) is 0 Å². The number of imide groups is 1. The summed E-state index contributed by atoms with van der Waals surface area (Å²) in [7, 11) is 0. The van der Waals surface area contributed by atoms with Gasteiger partial charge in [-0.3, -0.25) is 9.59 Å². The zero-order valence-electron chi connectivity index (χ0n) is 7.97. The second kappa shape index (κ2) is 3.94. The minimum absolute atomic E-state index is 0.166. The van der Waals surface area contributed by atoms with Gasteiger partial charge in [-0.15, -0.1) is 11.8 Å². The Kier molecular flexibility index (Phi) is 2.64. The summed E-state index contributed by atoms with van der Waals surface area (Å²) in [6.07, 6.45) is 0. The largest absolute Gasteiger partial charge is 0.399 e. The topological polar surface area (TPSA) is 63.4 Å². The van der Waals surface area contributed by atoms with E-state index in [1.54, 1.807) is 24.3 Å². The number of anilines is 2. The minimum atomic E-state index is -0.166. The lowest BCUT2D eigenvalue weighted by Crippen LogP contribution is -2.43. The van der Waals surface area contributed by atoms with Crippen molar-refractivity contribution in [1.82, 2.24) is 0 Å². The Morgan fingerprint density at radius 2 is 1.60 bits per heavy atom. The zero-order valence-corrected chi connectivity index (χ0v) is 8.79. The summed E-state index contributed by atoms with van der Waals surface area (Å²) >= 11 is 1.35. The van der Waals surface area contributed by atoms with Gasteiger partial charge in [0.25, 0.3) is 0 Å². The minimum Gasteiger partial charge on any atom is -0.399 e. The molecule has 0 aliphatic carbocycles. The predicted molar refractivity (Wildman–Crippen MR) is 60.7 cm³/mol. The van der Waals surface area contributed by atoms with Crippen LogP contribution >= 0.6 is 11.8 Å². The normalized spacial score (nSPS) is 16.9. The lowest BCUT2D eigenvalue weighted by molar-refractivity contribution is -0.124. The molecule has 0 radical (unpaired) electrons. The molecule has 0 atom stereocenters. The number of nitrogens with zero attached hydrogens (tertiary/aromatic N) is 1. The van der Waals surface area contributed by atoms with Crippen molar-refractivity contribution < 1.29 is 9.59 Å². The second-order valence-corrected chi connectivity index (χ2v) is 4.19. The number of hydrogen-bond acceptors (Lipinski definition) is 4. The quantitative estimate of drug-likeness (QED) is 0.566.